The minimum Gasteiger partial charge on any atom is -0.486 e. The second kappa shape index (κ2) is 6.96. The van der Waals surface area contributed by atoms with Crippen LogP contribution < -0.4 is 14.8 Å². The summed E-state index contributed by atoms with van der Waals surface area (Å²) < 4.78 is 12.6. The maximum atomic E-state index is 12.3. The van der Waals surface area contributed by atoms with E-state index in [0.29, 0.717) is 36.0 Å². The zero-order valence-corrected chi connectivity index (χ0v) is 14.6. The lowest BCUT2D eigenvalue weighted by atomic mass is 10.1. The van der Waals surface area contributed by atoms with Crippen LogP contribution in [0.3, 0.4) is 0 Å². The minimum atomic E-state index is -0.204. The number of hydrogen-bond acceptors (Lipinski definition) is 5. The number of amides is 1. The van der Waals surface area contributed by atoms with E-state index >= 15 is 0 Å². The molecule has 3 rings (SSSR count). The standard InChI is InChI=1S/C18H21N3O4/c1-11-18(12(2)21(3)20-11)19-17(23)7-5-14(22)13-4-6-15-16(10-13)25-9-8-24-15/h4,6,10H,5,7-9H2,1-3H3,(H,19,23). The predicted molar refractivity (Wildman–Crippen MR) is 92.3 cm³/mol. The summed E-state index contributed by atoms with van der Waals surface area (Å²) in [6.45, 7) is 4.70. The molecule has 0 radical (unpaired) electrons. The molecule has 0 bridgehead atoms. The largest absolute Gasteiger partial charge is 0.486 e. The van der Waals surface area contributed by atoms with Crippen LogP contribution in [0, 0.1) is 13.8 Å². The number of ether oxygens (including phenoxy) is 2. The lowest BCUT2D eigenvalue weighted by Gasteiger charge is -2.18. The number of rotatable bonds is 5. The van der Waals surface area contributed by atoms with Crippen molar-refractivity contribution in [2.24, 2.45) is 7.05 Å². The average Bonchev–Trinajstić information content (AvgIpc) is 2.85. The summed E-state index contributed by atoms with van der Waals surface area (Å²) in [7, 11) is 1.82. The van der Waals surface area contributed by atoms with E-state index < -0.39 is 0 Å². The van der Waals surface area contributed by atoms with Gasteiger partial charge in [0.05, 0.1) is 17.1 Å². The van der Waals surface area contributed by atoms with E-state index in [1.54, 1.807) is 22.9 Å². The number of ketones is 1. The number of carbonyl (C=O) groups is 2. The topological polar surface area (TPSA) is 82.5 Å². The molecule has 2 aromatic rings. The Hall–Kier alpha value is -2.83. The molecule has 0 spiro atoms. The first kappa shape index (κ1) is 17.0. The molecule has 1 aliphatic rings. The van der Waals surface area contributed by atoms with Crippen molar-refractivity contribution in [3.8, 4) is 11.5 Å². The van der Waals surface area contributed by atoms with Crippen molar-refractivity contribution in [1.29, 1.82) is 0 Å². The molecule has 132 valence electrons. The summed E-state index contributed by atoms with van der Waals surface area (Å²) in [5.41, 5.74) is 2.86. The summed E-state index contributed by atoms with van der Waals surface area (Å²) >= 11 is 0. The van der Waals surface area contributed by atoms with Crippen LogP contribution >= 0.6 is 0 Å². The second-order valence-corrected chi connectivity index (χ2v) is 6.00. The zero-order valence-electron chi connectivity index (χ0n) is 14.6. The smallest absolute Gasteiger partial charge is 0.224 e. The number of nitrogens with zero attached hydrogens (tertiary/aromatic N) is 2. The summed E-state index contributed by atoms with van der Waals surface area (Å²) in [6, 6.07) is 5.09. The van der Waals surface area contributed by atoms with Gasteiger partial charge in [-0.2, -0.15) is 5.10 Å². The Balaban J connectivity index is 1.59. The molecular formula is C18H21N3O4. The molecule has 0 saturated carbocycles. The van der Waals surface area contributed by atoms with E-state index in [4.69, 9.17) is 9.47 Å². The Morgan fingerprint density at radius 2 is 1.88 bits per heavy atom. The highest BCUT2D eigenvalue weighted by atomic mass is 16.6. The van der Waals surface area contributed by atoms with Gasteiger partial charge in [0.1, 0.15) is 13.2 Å². The molecule has 0 unspecified atom stereocenters. The molecular weight excluding hydrogens is 322 g/mol. The van der Waals surface area contributed by atoms with Gasteiger partial charge in [-0.05, 0) is 32.0 Å². The van der Waals surface area contributed by atoms with E-state index in [0.717, 1.165) is 11.4 Å². The van der Waals surface area contributed by atoms with Crippen LogP contribution in [0.4, 0.5) is 5.69 Å². The van der Waals surface area contributed by atoms with Gasteiger partial charge in [-0.25, -0.2) is 0 Å². The van der Waals surface area contributed by atoms with Crippen molar-refractivity contribution in [3.63, 3.8) is 0 Å². The number of benzene rings is 1. The van der Waals surface area contributed by atoms with Crippen LogP contribution in [0.15, 0.2) is 18.2 Å². The van der Waals surface area contributed by atoms with E-state index in [2.05, 4.69) is 10.4 Å². The minimum absolute atomic E-state index is 0.105. The van der Waals surface area contributed by atoms with Gasteiger partial charge in [0, 0.05) is 25.5 Å². The van der Waals surface area contributed by atoms with Crippen molar-refractivity contribution < 1.29 is 19.1 Å². The third kappa shape index (κ3) is 3.65. The quantitative estimate of drug-likeness (QED) is 0.843. The Bertz CT molecular complexity index is 826. The van der Waals surface area contributed by atoms with Crippen LogP contribution in [-0.4, -0.2) is 34.7 Å². The fourth-order valence-electron chi connectivity index (χ4n) is 2.74. The van der Waals surface area contributed by atoms with Gasteiger partial charge in [-0.1, -0.05) is 0 Å². The summed E-state index contributed by atoms with van der Waals surface area (Å²) in [5.74, 6) is 0.906. The van der Waals surface area contributed by atoms with Crippen LogP contribution in [0.5, 0.6) is 11.5 Å². The van der Waals surface area contributed by atoms with E-state index in [1.807, 2.05) is 20.9 Å². The Kier molecular flexibility index (Phi) is 4.74. The normalized spacial score (nSPS) is 12.8. The van der Waals surface area contributed by atoms with Crippen molar-refractivity contribution >= 4 is 17.4 Å². The number of anilines is 1. The highest BCUT2D eigenvalue weighted by Gasteiger charge is 2.17. The molecule has 1 amide bonds. The molecule has 0 saturated heterocycles. The highest BCUT2D eigenvalue weighted by Crippen LogP contribution is 2.31. The summed E-state index contributed by atoms with van der Waals surface area (Å²) in [6.07, 6.45) is 0.241. The van der Waals surface area contributed by atoms with Crippen LogP contribution in [0.2, 0.25) is 0 Å². The number of aryl methyl sites for hydroxylation is 2. The lowest BCUT2D eigenvalue weighted by molar-refractivity contribution is -0.116. The summed E-state index contributed by atoms with van der Waals surface area (Å²) in [5, 5.41) is 7.09. The number of nitrogens with one attached hydrogen (secondary N) is 1. The molecule has 7 nitrogen and oxygen atoms in total. The summed E-state index contributed by atoms with van der Waals surface area (Å²) in [4.78, 5) is 24.5. The molecule has 0 atom stereocenters. The number of aromatic nitrogens is 2. The van der Waals surface area contributed by atoms with Crippen molar-refractivity contribution in [1.82, 2.24) is 9.78 Å². The second-order valence-electron chi connectivity index (χ2n) is 6.00. The van der Waals surface area contributed by atoms with Gasteiger partial charge < -0.3 is 14.8 Å². The van der Waals surface area contributed by atoms with Gasteiger partial charge in [0.2, 0.25) is 5.91 Å². The highest BCUT2D eigenvalue weighted by molar-refractivity contribution is 6.00. The molecule has 2 heterocycles. The predicted octanol–water partition coefficient (Wildman–Crippen LogP) is 2.41. The fourth-order valence-corrected chi connectivity index (χ4v) is 2.74. The lowest BCUT2D eigenvalue weighted by Crippen LogP contribution is -2.16. The third-order valence-electron chi connectivity index (χ3n) is 4.22. The fraction of sp³-hybridized carbons (Fsp3) is 0.389. The first-order chi connectivity index (χ1) is 12.0. The molecule has 0 fully saturated rings. The maximum absolute atomic E-state index is 12.3. The van der Waals surface area contributed by atoms with Gasteiger partial charge >= 0.3 is 0 Å². The number of Topliss-reactive ketones (excluding diaryl/α,β-unsaturated/α-hetero) is 1. The molecule has 1 aliphatic heterocycles. The van der Waals surface area contributed by atoms with Crippen LogP contribution in [0.25, 0.3) is 0 Å². The van der Waals surface area contributed by atoms with Gasteiger partial charge in [-0.3, -0.25) is 14.3 Å². The van der Waals surface area contributed by atoms with Crippen molar-refractivity contribution in [2.45, 2.75) is 26.7 Å². The Morgan fingerprint density at radius 1 is 1.16 bits per heavy atom. The maximum Gasteiger partial charge on any atom is 0.224 e. The molecule has 1 N–H and O–H groups in total. The van der Waals surface area contributed by atoms with E-state index in [9.17, 15) is 9.59 Å². The van der Waals surface area contributed by atoms with Gasteiger partial charge in [0.25, 0.3) is 0 Å². The van der Waals surface area contributed by atoms with Crippen molar-refractivity contribution in [2.75, 3.05) is 18.5 Å². The molecule has 1 aromatic carbocycles. The van der Waals surface area contributed by atoms with E-state index in [-0.39, 0.29) is 24.5 Å². The van der Waals surface area contributed by atoms with Gasteiger partial charge in [-0.15, -0.1) is 0 Å². The number of carbonyl (C=O) groups excluding carboxylic acids is 2. The van der Waals surface area contributed by atoms with Crippen LogP contribution in [-0.2, 0) is 11.8 Å². The molecule has 0 aliphatic carbocycles. The first-order valence-electron chi connectivity index (χ1n) is 8.18. The van der Waals surface area contributed by atoms with Gasteiger partial charge in [0.15, 0.2) is 17.3 Å². The monoisotopic (exact) mass is 343 g/mol. The Morgan fingerprint density at radius 3 is 2.56 bits per heavy atom. The zero-order chi connectivity index (χ0) is 18.0. The first-order valence-corrected chi connectivity index (χ1v) is 8.18. The molecule has 7 heteroatoms. The number of hydrogen-bond donors (Lipinski definition) is 1. The average molecular weight is 343 g/mol. The molecule has 1 aromatic heterocycles. The van der Waals surface area contributed by atoms with Crippen LogP contribution in [0.1, 0.15) is 34.6 Å². The third-order valence-corrected chi connectivity index (χ3v) is 4.22. The number of fused-ring (bicyclic) bond motifs is 1. The van der Waals surface area contributed by atoms with Crippen molar-refractivity contribution in [3.05, 3.63) is 35.2 Å². The molecule has 25 heavy (non-hydrogen) atoms. The van der Waals surface area contributed by atoms with E-state index in [1.165, 1.54) is 0 Å². The SMILES string of the molecule is Cc1nn(C)c(C)c1NC(=O)CCC(=O)c1ccc2c(c1)OCCO2. The Labute approximate surface area is 145 Å².